The molecule has 0 bridgehead atoms. The molecule has 2 heteroatoms. The van der Waals surface area contributed by atoms with E-state index in [9.17, 15) is 4.79 Å². The van der Waals surface area contributed by atoms with Crippen LogP contribution in [0.4, 0.5) is 0 Å². The van der Waals surface area contributed by atoms with E-state index in [-0.39, 0.29) is 5.78 Å². The lowest BCUT2D eigenvalue weighted by Gasteiger charge is -2.15. The fraction of sp³-hybridized carbons (Fsp3) is 0.429. The Bertz CT molecular complexity index is 458. The minimum Gasteiger partial charge on any atom is -0.294 e. The van der Waals surface area contributed by atoms with E-state index < -0.39 is 0 Å². The minimum absolute atomic E-state index is 0.248. The van der Waals surface area contributed by atoms with Gasteiger partial charge in [0.15, 0.2) is 5.78 Å². The number of carbonyl (C=O) groups excluding carboxylic acids is 1. The van der Waals surface area contributed by atoms with E-state index in [4.69, 9.17) is 0 Å². The van der Waals surface area contributed by atoms with Gasteiger partial charge in [-0.05, 0) is 35.1 Å². The van der Waals surface area contributed by atoms with Crippen molar-refractivity contribution in [1.82, 2.24) is 4.98 Å². The highest BCUT2D eigenvalue weighted by Crippen LogP contribution is 2.24. The van der Waals surface area contributed by atoms with Gasteiger partial charge in [-0.25, -0.2) is 0 Å². The van der Waals surface area contributed by atoms with Crippen LogP contribution in [0.15, 0.2) is 17.8 Å². The second-order valence-corrected chi connectivity index (χ2v) is 4.59. The second kappa shape index (κ2) is 4.20. The van der Waals surface area contributed by atoms with E-state index in [2.05, 4.69) is 24.9 Å². The number of aromatic nitrogens is 1. The molecule has 0 spiro atoms. The van der Waals surface area contributed by atoms with Crippen molar-refractivity contribution in [3.8, 4) is 0 Å². The molecule has 84 valence electrons. The molecule has 1 aliphatic rings. The Balaban J connectivity index is 2.44. The van der Waals surface area contributed by atoms with E-state index in [0.717, 1.165) is 23.3 Å². The predicted octanol–water partition coefficient (Wildman–Crippen LogP) is 3.12. The third-order valence-corrected chi connectivity index (χ3v) is 3.09. The molecular weight excluding hydrogens is 198 g/mol. The molecular formula is C14H17NO. The van der Waals surface area contributed by atoms with Gasteiger partial charge in [-0.2, -0.15) is 0 Å². The molecule has 0 saturated carbocycles. The Labute approximate surface area is 96.4 Å². The van der Waals surface area contributed by atoms with Crippen LogP contribution in [0.3, 0.4) is 0 Å². The molecule has 1 aromatic heterocycles. The summed E-state index contributed by atoms with van der Waals surface area (Å²) in [6.45, 7) is 6.29. The number of pyridine rings is 1. The second-order valence-electron chi connectivity index (χ2n) is 4.59. The molecule has 1 heterocycles. The van der Waals surface area contributed by atoms with Crippen molar-refractivity contribution < 1.29 is 4.79 Å². The Kier molecular flexibility index (Phi) is 2.90. The lowest BCUT2D eigenvalue weighted by molar-refractivity contribution is -0.115. The number of hydrogen-bond acceptors (Lipinski definition) is 2. The van der Waals surface area contributed by atoms with Gasteiger partial charge in [0.1, 0.15) is 0 Å². The fourth-order valence-electron chi connectivity index (χ4n) is 1.96. The zero-order chi connectivity index (χ0) is 11.7. The van der Waals surface area contributed by atoms with Crippen LogP contribution in [0.5, 0.6) is 0 Å². The van der Waals surface area contributed by atoms with Gasteiger partial charge in [0.05, 0.1) is 5.69 Å². The molecule has 0 fully saturated rings. The van der Waals surface area contributed by atoms with Crippen LogP contribution >= 0.6 is 0 Å². The van der Waals surface area contributed by atoms with Gasteiger partial charge in [0.25, 0.3) is 0 Å². The summed E-state index contributed by atoms with van der Waals surface area (Å²) in [6, 6.07) is 2.12. The lowest BCUT2D eigenvalue weighted by atomic mass is 9.91. The third-order valence-electron chi connectivity index (χ3n) is 3.09. The van der Waals surface area contributed by atoms with E-state index in [1.807, 2.05) is 19.2 Å². The van der Waals surface area contributed by atoms with Crippen LogP contribution in [0, 0.1) is 0 Å². The molecule has 0 aromatic carbocycles. The first-order valence-electron chi connectivity index (χ1n) is 5.84. The van der Waals surface area contributed by atoms with Crippen molar-refractivity contribution in [3.63, 3.8) is 0 Å². The monoisotopic (exact) mass is 215 g/mol. The number of hydrogen-bond donors (Lipinski definition) is 0. The van der Waals surface area contributed by atoms with Gasteiger partial charge >= 0.3 is 0 Å². The Hall–Kier alpha value is -1.44. The zero-order valence-corrected chi connectivity index (χ0v) is 10.1. The third kappa shape index (κ3) is 1.92. The van der Waals surface area contributed by atoms with Gasteiger partial charge < -0.3 is 0 Å². The quantitative estimate of drug-likeness (QED) is 0.758. The van der Waals surface area contributed by atoms with Gasteiger partial charge in [0.2, 0.25) is 0 Å². The summed E-state index contributed by atoms with van der Waals surface area (Å²) in [4.78, 5) is 16.2. The fourth-order valence-corrected chi connectivity index (χ4v) is 1.96. The summed E-state index contributed by atoms with van der Waals surface area (Å²) < 4.78 is 0. The molecule has 0 N–H and O–H groups in total. The van der Waals surface area contributed by atoms with Crippen LogP contribution < -0.4 is 0 Å². The first-order valence-corrected chi connectivity index (χ1v) is 5.84. The molecule has 16 heavy (non-hydrogen) atoms. The summed E-state index contributed by atoms with van der Waals surface area (Å²) in [5, 5.41) is 0. The van der Waals surface area contributed by atoms with E-state index in [1.54, 1.807) is 0 Å². The number of ketones is 1. The molecule has 0 aliphatic heterocycles. The number of carbonyl (C=O) groups is 1. The highest BCUT2D eigenvalue weighted by atomic mass is 16.1. The summed E-state index contributed by atoms with van der Waals surface area (Å²) in [6.07, 6.45) is 5.17. The van der Waals surface area contributed by atoms with Crippen molar-refractivity contribution in [3.05, 3.63) is 34.7 Å². The molecule has 2 nitrogen and oxygen atoms in total. The van der Waals surface area contributed by atoms with Crippen molar-refractivity contribution in [1.29, 1.82) is 0 Å². The average Bonchev–Trinajstić information content (AvgIpc) is 2.27. The van der Waals surface area contributed by atoms with Gasteiger partial charge in [-0.1, -0.05) is 26.8 Å². The highest BCUT2D eigenvalue weighted by molar-refractivity contribution is 6.03. The van der Waals surface area contributed by atoms with Gasteiger partial charge in [-0.3, -0.25) is 9.78 Å². The molecule has 2 rings (SSSR count). The number of fused-ring (bicyclic) bond motifs is 1. The smallest absolute Gasteiger partial charge is 0.163 e. The first kappa shape index (κ1) is 11.1. The Morgan fingerprint density at radius 1 is 1.44 bits per heavy atom. The molecule has 1 aromatic rings. The van der Waals surface area contributed by atoms with Crippen LogP contribution in [0.1, 0.15) is 49.9 Å². The molecule has 0 saturated heterocycles. The molecule has 0 radical (unpaired) electrons. The number of rotatable bonds is 2. The maximum Gasteiger partial charge on any atom is 0.163 e. The van der Waals surface area contributed by atoms with Crippen molar-refractivity contribution in [2.45, 2.75) is 39.5 Å². The molecule has 0 unspecified atom stereocenters. The van der Waals surface area contributed by atoms with Crippen LogP contribution in [-0.2, 0) is 11.2 Å². The summed E-state index contributed by atoms with van der Waals surface area (Å²) >= 11 is 0. The Morgan fingerprint density at radius 3 is 2.81 bits per heavy atom. The zero-order valence-electron chi connectivity index (χ0n) is 10.1. The molecule has 0 amide bonds. The topological polar surface area (TPSA) is 30.0 Å². The van der Waals surface area contributed by atoms with Crippen molar-refractivity contribution >= 4 is 11.9 Å². The molecule has 1 aliphatic carbocycles. The van der Waals surface area contributed by atoms with Gasteiger partial charge in [-0.15, -0.1) is 0 Å². The first-order chi connectivity index (χ1) is 7.61. The number of nitrogens with zero attached hydrogens (tertiary/aromatic N) is 1. The Morgan fingerprint density at radius 2 is 2.19 bits per heavy atom. The van der Waals surface area contributed by atoms with E-state index >= 15 is 0 Å². The van der Waals surface area contributed by atoms with Crippen molar-refractivity contribution in [2.75, 3.05) is 0 Å². The molecule has 0 atom stereocenters. The van der Waals surface area contributed by atoms with Gasteiger partial charge in [0, 0.05) is 12.6 Å². The van der Waals surface area contributed by atoms with Crippen LogP contribution in [0.25, 0.3) is 6.08 Å². The van der Waals surface area contributed by atoms with Crippen molar-refractivity contribution in [2.24, 2.45) is 0 Å². The number of allylic oxidation sites excluding steroid dienone is 1. The maximum atomic E-state index is 11.8. The van der Waals surface area contributed by atoms with E-state index in [0.29, 0.717) is 12.3 Å². The minimum atomic E-state index is 0.248. The maximum absolute atomic E-state index is 11.8. The number of Topliss-reactive ketones (excluding diaryl/α,β-unsaturated/α-hetero) is 1. The normalized spacial score (nSPS) is 15.0. The van der Waals surface area contributed by atoms with Crippen LogP contribution in [0.2, 0.25) is 0 Å². The summed E-state index contributed by atoms with van der Waals surface area (Å²) in [7, 11) is 0. The standard InChI is InChI=1S/C14H17NO/c1-4-10-6-13-11(7-14(10)16)5-12(8-15-13)9(2)3/h5-6,8-9H,4,7H2,1-3H3. The largest absolute Gasteiger partial charge is 0.294 e. The SMILES string of the molecule is CCC1=Cc2ncc(C(C)C)cc2CC1=O. The summed E-state index contributed by atoms with van der Waals surface area (Å²) in [5.41, 5.74) is 4.16. The predicted molar refractivity (Wildman–Crippen MR) is 65.3 cm³/mol. The lowest BCUT2D eigenvalue weighted by Crippen LogP contribution is -2.13. The van der Waals surface area contributed by atoms with Crippen LogP contribution in [-0.4, -0.2) is 10.8 Å². The highest BCUT2D eigenvalue weighted by Gasteiger charge is 2.18. The van der Waals surface area contributed by atoms with E-state index in [1.165, 1.54) is 5.56 Å². The average molecular weight is 215 g/mol. The summed E-state index contributed by atoms with van der Waals surface area (Å²) in [5.74, 6) is 0.710.